The number of likely N-dealkylation sites (tertiary alicyclic amines) is 1. The minimum absolute atomic E-state index is 0.225. The lowest BCUT2D eigenvalue weighted by Gasteiger charge is -2.28. The van der Waals surface area contributed by atoms with E-state index >= 15 is 0 Å². The van der Waals surface area contributed by atoms with Crippen molar-refractivity contribution in [3.63, 3.8) is 0 Å². The van der Waals surface area contributed by atoms with E-state index in [2.05, 4.69) is 24.8 Å². The maximum Gasteiger partial charge on any atom is 0.0355 e. The molecule has 0 spiro atoms. The Kier molecular flexibility index (Phi) is 4.46. The van der Waals surface area contributed by atoms with Crippen molar-refractivity contribution in [2.24, 2.45) is 5.73 Å². The second kappa shape index (κ2) is 5.40. The third-order valence-corrected chi connectivity index (χ3v) is 2.47. The van der Waals surface area contributed by atoms with Gasteiger partial charge in [0.05, 0.1) is 0 Å². The SMILES string of the molecule is CC(C)=CC(N)CN1CCCCC1. The van der Waals surface area contributed by atoms with Crippen LogP contribution in [0.4, 0.5) is 0 Å². The van der Waals surface area contributed by atoms with Gasteiger partial charge in [0.25, 0.3) is 0 Å². The van der Waals surface area contributed by atoms with Gasteiger partial charge in [0.2, 0.25) is 0 Å². The fraction of sp³-hybridized carbons (Fsp3) is 0.818. The van der Waals surface area contributed by atoms with Crippen molar-refractivity contribution >= 4 is 0 Å². The Bertz CT molecular complexity index is 165. The van der Waals surface area contributed by atoms with Crippen LogP contribution in [-0.4, -0.2) is 30.6 Å². The van der Waals surface area contributed by atoms with Crippen LogP contribution in [0.5, 0.6) is 0 Å². The molecule has 1 aliphatic heterocycles. The summed E-state index contributed by atoms with van der Waals surface area (Å²) in [5.74, 6) is 0. The number of allylic oxidation sites excluding steroid dienone is 1. The van der Waals surface area contributed by atoms with Gasteiger partial charge in [-0.3, -0.25) is 0 Å². The zero-order valence-corrected chi connectivity index (χ0v) is 8.92. The number of nitrogens with two attached hydrogens (primary N) is 1. The van der Waals surface area contributed by atoms with Crippen LogP contribution in [0.25, 0.3) is 0 Å². The van der Waals surface area contributed by atoms with Gasteiger partial charge in [0, 0.05) is 12.6 Å². The molecule has 2 nitrogen and oxygen atoms in total. The summed E-state index contributed by atoms with van der Waals surface area (Å²) in [5.41, 5.74) is 7.31. The lowest BCUT2D eigenvalue weighted by molar-refractivity contribution is 0.224. The van der Waals surface area contributed by atoms with Crippen LogP contribution in [0.1, 0.15) is 33.1 Å². The molecule has 1 fully saturated rings. The van der Waals surface area contributed by atoms with Gasteiger partial charge in [0.15, 0.2) is 0 Å². The molecule has 0 bridgehead atoms. The van der Waals surface area contributed by atoms with Gasteiger partial charge in [0.1, 0.15) is 0 Å². The first-order valence-electron chi connectivity index (χ1n) is 5.31. The molecule has 2 heteroatoms. The molecular formula is C11H22N2. The van der Waals surface area contributed by atoms with Crippen molar-refractivity contribution < 1.29 is 0 Å². The van der Waals surface area contributed by atoms with Crippen LogP contribution in [-0.2, 0) is 0 Å². The van der Waals surface area contributed by atoms with E-state index in [9.17, 15) is 0 Å². The van der Waals surface area contributed by atoms with Gasteiger partial charge in [-0.15, -0.1) is 0 Å². The van der Waals surface area contributed by atoms with Gasteiger partial charge in [-0.25, -0.2) is 0 Å². The zero-order chi connectivity index (χ0) is 9.68. The third-order valence-electron chi connectivity index (χ3n) is 2.47. The predicted molar refractivity (Wildman–Crippen MR) is 57.7 cm³/mol. The average molecular weight is 182 g/mol. The number of rotatable bonds is 3. The molecule has 2 N–H and O–H groups in total. The quantitative estimate of drug-likeness (QED) is 0.674. The summed E-state index contributed by atoms with van der Waals surface area (Å²) >= 11 is 0. The summed E-state index contributed by atoms with van der Waals surface area (Å²) in [6.45, 7) is 7.73. The largest absolute Gasteiger partial charge is 0.323 e. The predicted octanol–water partition coefficient (Wildman–Crippen LogP) is 1.77. The van der Waals surface area contributed by atoms with Crippen LogP contribution in [0.2, 0.25) is 0 Å². The second-order valence-corrected chi connectivity index (χ2v) is 4.27. The molecule has 0 aromatic carbocycles. The van der Waals surface area contributed by atoms with E-state index in [4.69, 9.17) is 5.73 Å². The van der Waals surface area contributed by atoms with Gasteiger partial charge >= 0.3 is 0 Å². The van der Waals surface area contributed by atoms with E-state index in [1.54, 1.807) is 0 Å². The number of hydrogen-bond donors (Lipinski definition) is 1. The van der Waals surface area contributed by atoms with E-state index in [0.717, 1.165) is 6.54 Å². The fourth-order valence-corrected chi connectivity index (χ4v) is 1.92. The number of hydrogen-bond acceptors (Lipinski definition) is 2. The van der Waals surface area contributed by atoms with E-state index in [0.29, 0.717) is 0 Å². The van der Waals surface area contributed by atoms with Crippen LogP contribution in [0.3, 0.4) is 0 Å². The number of piperidine rings is 1. The molecule has 0 radical (unpaired) electrons. The van der Waals surface area contributed by atoms with Gasteiger partial charge in [-0.1, -0.05) is 18.1 Å². The maximum absolute atomic E-state index is 5.99. The molecule has 0 aliphatic carbocycles. The zero-order valence-electron chi connectivity index (χ0n) is 8.92. The summed E-state index contributed by atoms with van der Waals surface area (Å²) in [6.07, 6.45) is 6.26. The Balaban J connectivity index is 2.26. The van der Waals surface area contributed by atoms with E-state index in [1.807, 2.05) is 0 Å². The normalized spacial score (nSPS) is 21.2. The molecule has 1 unspecified atom stereocenters. The van der Waals surface area contributed by atoms with Crippen molar-refractivity contribution in [1.82, 2.24) is 4.90 Å². The Hall–Kier alpha value is -0.340. The van der Waals surface area contributed by atoms with Crippen molar-refractivity contribution in [3.8, 4) is 0 Å². The topological polar surface area (TPSA) is 29.3 Å². The molecular weight excluding hydrogens is 160 g/mol. The minimum Gasteiger partial charge on any atom is -0.323 e. The second-order valence-electron chi connectivity index (χ2n) is 4.27. The molecule has 0 aromatic heterocycles. The molecule has 1 saturated heterocycles. The Morgan fingerprint density at radius 2 is 1.92 bits per heavy atom. The molecule has 1 atom stereocenters. The molecule has 0 amide bonds. The highest BCUT2D eigenvalue weighted by Crippen LogP contribution is 2.08. The first-order valence-corrected chi connectivity index (χ1v) is 5.31. The van der Waals surface area contributed by atoms with Crippen LogP contribution in [0, 0.1) is 0 Å². The van der Waals surface area contributed by atoms with E-state index < -0.39 is 0 Å². The molecule has 0 saturated carbocycles. The monoisotopic (exact) mass is 182 g/mol. The molecule has 1 rings (SSSR count). The Labute approximate surface area is 81.8 Å². The summed E-state index contributed by atoms with van der Waals surface area (Å²) < 4.78 is 0. The van der Waals surface area contributed by atoms with Gasteiger partial charge < -0.3 is 10.6 Å². The molecule has 0 aromatic rings. The lowest BCUT2D eigenvalue weighted by atomic mass is 10.1. The highest BCUT2D eigenvalue weighted by Gasteiger charge is 2.11. The Morgan fingerprint density at radius 1 is 1.31 bits per heavy atom. The summed E-state index contributed by atoms with van der Waals surface area (Å²) in [6, 6.07) is 0.225. The number of nitrogens with zero attached hydrogens (tertiary/aromatic N) is 1. The highest BCUT2D eigenvalue weighted by atomic mass is 15.1. The summed E-state index contributed by atoms with van der Waals surface area (Å²) in [4.78, 5) is 2.48. The fourth-order valence-electron chi connectivity index (χ4n) is 1.92. The van der Waals surface area contributed by atoms with Crippen LogP contribution >= 0.6 is 0 Å². The molecule has 13 heavy (non-hydrogen) atoms. The van der Waals surface area contributed by atoms with Crippen molar-refractivity contribution in [3.05, 3.63) is 11.6 Å². The maximum atomic E-state index is 5.99. The van der Waals surface area contributed by atoms with Crippen molar-refractivity contribution in [2.45, 2.75) is 39.2 Å². The Morgan fingerprint density at radius 3 is 2.46 bits per heavy atom. The van der Waals surface area contributed by atoms with Crippen molar-refractivity contribution in [1.29, 1.82) is 0 Å². The minimum atomic E-state index is 0.225. The first kappa shape index (κ1) is 10.7. The summed E-state index contributed by atoms with van der Waals surface area (Å²) in [7, 11) is 0. The van der Waals surface area contributed by atoms with E-state index in [1.165, 1.54) is 37.9 Å². The average Bonchev–Trinajstić information content (AvgIpc) is 2.04. The van der Waals surface area contributed by atoms with E-state index in [-0.39, 0.29) is 6.04 Å². The van der Waals surface area contributed by atoms with Gasteiger partial charge in [-0.2, -0.15) is 0 Å². The smallest absolute Gasteiger partial charge is 0.0355 e. The lowest BCUT2D eigenvalue weighted by Crippen LogP contribution is -2.39. The molecule has 1 aliphatic rings. The highest BCUT2D eigenvalue weighted by molar-refractivity contribution is 5.00. The van der Waals surface area contributed by atoms with Crippen molar-refractivity contribution in [2.75, 3.05) is 19.6 Å². The molecule has 1 heterocycles. The standard InChI is InChI=1S/C11H22N2/c1-10(2)8-11(12)9-13-6-4-3-5-7-13/h8,11H,3-7,9,12H2,1-2H3. The summed E-state index contributed by atoms with van der Waals surface area (Å²) in [5, 5.41) is 0. The first-order chi connectivity index (χ1) is 6.18. The van der Waals surface area contributed by atoms with Crippen LogP contribution in [0.15, 0.2) is 11.6 Å². The van der Waals surface area contributed by atoms with Crippen LogP contribution < -0.4 is 5.73 Å². The third kappa shape index (κ3) is 4.44. The molecule has 76 valence electrons. The van der Waals surface area contributed by atoms with Gasteiger partial charge in [-0.05, 0) is 39.8 Å².